The predicted molar refractivity (Wildman–Crippen MR) is 79.2 cm³/mol. The minimum atomic E-state index is -0.458. The number of hydrogen-bond donors (Lipinski definition) is 0. The van der Waals surface area contributed by atoms with E-state index in [0.717, 1.165) is 11.3 Å². The zero-order chi connectivity index (χ0) is 15.9. The van der Waals surface area contributed by atoms with Crippen LogP contribution in [-0.2, 0) is 4.74 Å². The average Bonchev–Trinajstić information content (AvgIpc) is 2.93. The van der Waals surface area contributed by atoms with Crippen LogP contribution in [0.15, 0.2) is 30.3 Å². The lowest BCUT2D eigenvalue weighted by Gasteiger charge is -2.06. The van der Waals surface area contributed by atoms with E-state index in [-0.39, 0.29) is 5.82 Å². The topological polar surface area (TPSA) is 56.5 Å². The molecule has 1 aromatic carbocycles. The maximum atomic E-state index is 13.0. The number of aromatic nitrogens is 3. The van der Waals surface area contributed by atoms with E-state index >= 15 is 0 Å². The Hall–Kier alpha value is -2.76. The third kappa shape index (κ3) is 2.22. The van der Waals surface area contributed by atoms with Gasteiger partial charge in [0, 0.05) is 11.3 Å². The van der Waals surface area contributed by atoms with E-state index < -0.39 is 5.97 Å². The van der Waals surface area contributed by atoms with Gasteiger partial charge >= 0.3 is 5.97 Å². The molecule has 0 N–H and O–H groups in total. The van der Waals surface area contributed by atoms with E-state index in [4.69, 9.17) is 4.74 Å². The van der Waals surface area contributed by atoms with Gasteiger partial charge in [0.1, 0.15) is 11.4 Å². The Balaban J connectivity index is 2.26. The van der Waals surface area contributed by atoms with Crippen LogP contribution in [0.1, 0.15) is 21.6 Å². The highest BCUT2D eigenvalue weighted by Crippen LogP contribution is 2.22. The first-order chi connectivity index (χ1) is 10.5. The summed E-state index contributed by atoms with van der Waals surface area (Å²) in [6.45, 7) is 3.70. The second-order valence-electron chi connectivity index (χ2n) is 5.01. The molecule has 0 aliphatic carbocycles. The number of pyridine rings is 1. The second kappa shape index (κ2) is 5.22. The molecule has 5 nitrogen and oxygen atoms in total. The first-order valence-corrected chi connectivity index (χ1v) is 6.72. The molecule has 2 heterocycles. The molecule has 0 unspecified atom stereocenters. The number of esters is 1. The summed E-state index contributed by atoms with van der Waals surface area (Å²) < 4.78 is 19.5. The van der Waals surface area contributed by atoms with Crippen LogP contribution >= 0.6 is 0 Å². The standard InChI is InChI=1S/C16H14FN3O2/c1-9-8-10(2)20-15(13(9)16(21)22-3)18-14(19-20)11-4-6-12(17)7-5-11/h4-8H,1-3H3. The van der Waals surface area contributed by atoms with Gasteiger partial charge in [0.15, 0.2) is 11.5 Å². The first-order valence-electron chi connectivity index (χ1n) is 6.72. The molecule has 6 heteroatoms. The van der Waals surface area contributed by atoms with Crippen molar-refractivity contribution in [1.82, 2.24) is 14.6 Å². The third-order valence-corrected chi connectivity index (χ3v) is 3.48. The molecule has 0 bridgehead atoms. The van der Waals surface area contributed by atoms with E-state index in [0.29, 0.717) is 22.6 Å². The van der Waals surface area contributed by atoms with Crippen molar-refractivity contribution < 1.29 is 13.9 Å². The summed E-state index contributed by atoms with van der Waals surface area (Å²) in [7, 11) is 1.33. The van der Waals surface area contributed by atoms with Crippen LogP contribution in [0.5, 0.6) is 0 Å². The van der Waals surface area contributed by atoms with Crippen molar-refractivity contribution in [1.29, 1.82) is 0 Å². The number of benzene rings is 1. The molecule has 0 saturated carbocycles. The number of ether oxygens (including phenoxy) is 1. The van der Waals surface area contributed by atoms with Crippen molar-refractivity contribution in [2.45, 2.75) is 13.8 Å². The quantitative estimate of drug-likeness (QED) is 0.683. The summed E-state index contributed by atoms with van der Waals surface area (Å²) in [5.41, 5.74) is 3.12. The van der Waals surface area contributed by atoms with Crippen molar-refractivity contribution in [2.24, 2.45) is 0 Å². The fraction of sp³-hybridized carbons (Fsp3) is 0.188. The lowest BCUT2D eigenvalue weighted by Crippen LogP contribution is -2.09. The number of nitrogens with zero attached hydrogens (tertiary/aromatic N) is 3. The van der Waals surface area contributed by atoms with Gasteiger partial charge in [0.05, 0.1) is 7.11 Å². The highest BCUT2D eigenvalue weighted by Gasteiger charge is 2.19. The SMILES string of the molecule is COC(=O)c1c(C)cc(C)n2nc(-c3ccc(F)cc3)nc12. The van der Waals surface area contributed by atoms with Gasteiger partial charge in [-0.15, -0.1) is 5.10 Å². The zero-order valence-corrected chi connectivity index (χ0v) is 12.4. The lowest BCUT2D eigenvalue weighted by atomic mass is 10.1. The third-order valence-electron chi connectivity index (χ3n) is 3.48. The Morgan fingerprint density at radius 3 is 2.55 bits per heavy atom. The smallest absolute Gasteiger partial charge is 0.341 e. The van der Waals surface area contributed by atoms with Crippen molar-refractivity contribution >= 4 is 11.6 Å². The Morgan fingerprint density at radius 1 is 1.23 bits per heavy atom. The van der Waals surface area contributed by atoms with Crippen molar-refractivity contribution in [2.75, 3.05) is 7.11 Å². The molecule has 2 aromatic heterocycles. The summed E-state index contributed by atoms with van der Waals surface area (Å²) in [5, 5.41) is 4.41. The summed E-state index contributed by atoms with van der Waals surface area (Å²) in [4.78, 5) is 16.4. The molecule has 22 heavy (non-hydrogen) atoms. The number of fused-ring (bicyclic) bond motifs is 1. The van der Waals surface area contributed by atoms with Crippen LogP contribution in [-0.4, -0.2) is 27.7 Å². The number of carbonyl (C=O) groups is 1. The molecule has 112 valence electrons. The fourth-order valence-corrected chi connectivity index (χ4v) is 2.42. The Morgan fingerprint density at radius 2 is 1.91 bits per heavy atom. The first kappa shape index (κ1) is 14.2. The van der Waals surface area contributed by atoms with E-state index in [2.05, 4.69) is 10.1 Å². The number of halogens is 1. The van der Waals surface area contributed by atoms with Gasteiger partial charge in [-0.25, -0.2) is 18.7 Å². The van der Waals surface area contributed by atoms with Crippen LogP contribution in [0, 0.1) is 19.7 Å². The van der Waals surface area contributed by atoms with Gasteiger partial charge < -0.3 is 4.74 Å². The summed E-state index contributed by atoms with van der Waals surface area (Å²) in [6, 6.07) is 7.75. The molecule has 0 aliphatic heterocycles. The fourth-order valence-electron chi connectivity index (χ4n) is 2.42. The van der Waals surface area contributed by atoms with Crippen LogP contribution < -0.4 is 0 Å². The van der Waals surface area contributed by atoms with Crippen LogP contribution in [0.4, 0.5) is 4.39 Å². The Labute approximate surface area is 126 Å². The van der Waals surface area contributed by atoms with Gasteiger partial charge in [-0.1, -0.05) is 0 Å². The van der Waals surface area contributed by atoms with Crippen LogP contribution in [0.25, 0.3) is 17.0 Å². The molecular formula is C16H14FN3O2. The molecule has 0 amide bonds. The maximum Gasteiger partial charge on any atom is 0.341 e. The zero-order valence-electron chi connectivity index (χ0n) is 12.4. The van der Waals surface area contributed by atoms with Crippen molar-refractivity contribution in [3.05, 3.63) is 53.0 Å². The normalized spacial score (nSPS) is 10.9. The highest BCUT2D eigenvalue weighted by atomic mass is 19.1. The second-order valence-corrected chi connectivity index (χ2v) is 5.01. The molecular weight excluding hydrogens is 285 g/mol. The largest absolute Gasteiger partial charge is 0.465 e. The Bertz CT molecular complexity index is 869. The predicted octanol–water partition coefficient (Wildman–Crippen LogP) is 2.94. The van der Waals surface area contributed by atoms with Gasteiger partial charge in [0.2, 0.25) is 0 Å². The lowest BCUT2D eigenvalue weighted by molar-refractivity contribution is 0.0601. The van der Waals surface area contributed by atoms with Gasteiger partial charge in [-0.05, 0) is 49.7 Å². The van der Waals surface area contributed by atoms with Crippen molar-refractivity contribution in [3.8, 4) is 11.4 Å². The average molecular weight is 299 g/mol. The van der Waals surface area contributed by atoms with E-state index in [1.807, 2.05) is 19.9 Å². The molecule has 3 aromatic rings. The van der Waals surface area contributed by atoms with Crippen molar-refractivity contribution in [3.63, 3.8) is 0 Å². The van der Waals surface area contributed by atoms with E-state index in [1.165, 1.54) is 19.2 Å². The number of carbonyl (C=O) groups excluding carboxylic acids is 1. The summed E-state index contributed by atoms with van der Waals surface area (Å²) in [5.74, 6) is -0.353. The molecule has 0 aliphatic rings. The van der Waals surface area contributed by atoms with E-state index in [1.54, 1.807) is 16.6 Å². The molecule has 0 fully saturated rings. The van der Waals surface area contributed by atoms with Gasteiger partial charge in [0.25, 0.3) is 0 Å². The van der Waals surface area contributed by atoms with Crippen LogP contribution in [0.2, 0.25) is 0 Å². The molecule has 3 rings (SSSR count). The highest BCUT2D eigenvalue weighted by molar-refractivity contribution is 5.97. The number of aryl methyl sites for hydroxylation is 2. The molecule has 0 radical (unpaired) electrons. The summed E-state index contributed by atoms with van der Waals surface area (Å²) in [6.07, 6.45) is 0. The van der Waals surface area contributed by atoms with Crippen LogP contribution in [0.3, 0.4) is 0 Å². The monoisotopic (exact) mass is 299 g/mol. The van der Waals surface area contributed by atoms with Gasteiger partial charge in [-0.3, -0.25) is 0 Å². The molecule has 0 spiro atoms. The maximum absolute atomic E-state index is 13.0. The molecule has 0 atom stereocenters. The Kier molecular flexibility index (Phi) is 3.36. The number of hydrogen-bond acceptors (Lipinski definition) is 4. The minimum absolute atomic E-state index is 0.324. The van der Waals surface area contributed by atoms with E-state index in [9.17, 15) is 9.18 Å². The number of methoxy groups -OCH3 is 1. The van der Waals surface area contributed by atoms with Gasteiger partial charge in [-0.2, -0.15) is 0 Å². The minimum Gasteiger partial charge on any atom is -0.465 e. The molecule has 0 saturated heterocycles. The number of rotatable bonds is 2. The summed E-state index contributed by atoms with van der Waals surface area (Å²) >= 11 is 0.